The summed E-state index contributed by atoms with van der Waals surface area (Å²) in [5.74, 6) is -1.25. The lowest BCUT2D eigenvalue weighted by Crippen LogP contribution is -2.25. The molecular weight excluding hydrogens is 355 g/mol. The van der Waals surface area contributed by atoms with Crippen molar-refractivity contribution in [2.24, 2.45) is 0 Å². The summed E-state index contributed by atoms with van der Waals surface area (Å²) in [5.41, 5.74) is 0.538. The number of hydrogen-bond donors (Lipinski definition) is 1. The SMILES string of the molecule is O=C(OCC(O)COC(=O)c1cccc(Cl)c1)c1cccc(Cl)c1. The van der Waals surface area contributed by atoms with E-state index in [2.05, 4.69) is 0 Å². The van der Waals surface area contributed by atoms with Gasteiger partial charge in [-0.1, -0.05) is 35.3 Å². The maximum absolute atomic E-state index is 11.8. The molecule has 0 unspecified atom stereocenters. The van der Waals surface area contributed by atoms with Crippen LogP contribution in [0.25, 0.3) is 0 Å². The van der Waals surface area contributed by atoms with Crippen LogP contribution >= 0.6 is 23.2 Å². The Hall–Kier alpha value is -2.08. The first-order valence-corrected chi connectivity index (χ1v) is 7.75. The van der Waals surface area contributed by atoms with Gasteiger partial charge in [0, 0.05) is 10.0 Å². The van der Waals surface area contributed by atoms with Crippen molar-refractivity contribution in [2.75, 3.05) is 13.2 Å². The van der Waals surface area contributed by atoms with Gasteiger partial charge < -0.3 is 14.6 Å². The zero-order valence-electron chi connectivity index (χ0n) is 12.4. The van der Waals surface area contributed by atoms with Crippen molar-refractivity contribution in [3.63, 3.8) is 0 Å². The highest BCUT2D eigenvalue weighted by atomic mass is 35.5. The van der Waals surface area contributed by atoms with E-state index in [0.717, 1.165) is 0 Å². The van der Waals surface area contributed by atoms with Crippen LogP contribution in [0.1, 0.15) is 20.7 Å². The normalized spacial score (nSPS) is 10.5. The molecule has 0 saturated heterocycles. The Labute approximate surface area is 148 Å². The van der Waals surface area contributed by atoms with Crippen molar-refractivity contribution < 1.29 is 24.2 Å². The van der Waals surface area contributed by atoms with Crippen LogP contribution < -0.4 is 0 Å². The quantitative estimate of drug-likeness (QED) is 0.791. The van der Waals surface area contributed by atoms with Crippen molar-refractivity contribution >= 4 is 35.1 Å². The number of aliphatic hydroxyl groups is 1. The van der Waals surface area contributed by atoms with Gasteiger partial charge in [-0.2, -0.15) is 0 Å². The van der Waals surface area contributed by atoms with E-state index in [1.54, 1.807) is 36.4 Å². The van der Waals surface area contributed by atoms with Crippen molar-refractivity contribution in [1.82, 2.24) is 0 Å². The second-order valence-electron chi connectivity index (χ2n) is 4.87. The van der Waals surface area contributed by atoms with E-state index < -0.39 is 18.0 Å². The minimum absolute atomic E-state index is 0.269. The molecule has 0 aliphatic carbocycles. The summed E-state index contributed by atoms with van der Waals surface area (Å²) in [7, 11) is 0. The lowest BCUT2D eigenvalue weighted by atomic mass is 10.2. The Balaban J connectivity index is 1.78. The molecule has 0 spiro atoms. The molecule has 0 aliphatic heterocycles. The number of benzene rings is 2. The van der Waals surface area contributed by atoms with Gasteiger partial charge in [0.25, 0.3) is 0 Å². The molecule has 0 radical (unpaired) electrons. The van der Waals surface area contributed by atoms with E-state index >= 15 is 0 Å². The molecule has 126 valence electrons. The predicted molar refractivity (Wildman–Crippen MR) is 89.5 cm³/mol. The van der Waals surface area contributed by atoms with Gasteiger partial charge in [-0.3, -0.25) is 0 Å². The monoisotopic (exact) mass is 368 g/mol. The number of carbonyl (C=O) groups excluding carboxylic acids is 2. The van der Waals surface area contributed by atoms with Crippen LogP contribution in [0.15, 0.2) is 48.5 Å². The smallest absolute Gasteiger partial charge is 0.338 e. The van der Waals surface area contributed by atoms with E-state index in [4.69, 9.17) is 32.7 Å². The largest absolute Gasteiger partial charge is 0.459 e. The Morgan fingerprint density at radius 1 is 0.875 bits per heavy atom. The molecule has 7 heteroatoms. The van der Waals surface area contributed by atoms with E-state index in [-0.39, 0.29) is 24.3 Å². The Kier molecular flexibility index (Phi) is 6.61. The number of aliphatic hydroxyl groups excluding tert-OH is 1. The number of hydrogen-bond acceptors (Lipinski definition) is 5. The Morgan fingerprint density at radius 3 is 1.67 bits per heavy atom. The van der Waals surface area contributed by atoms with Crippen LogP contribution in [-0.4, -0.2) is 36.4 Å². The molecule has 2 aromatic rings. The van der Waals surface area contributed by atoms with Crippen LogP contribution in [0.2, 0.25) is 10.0 Å². The average Bonchev–Trinajstić information content (AvgIpc) is 2.57. The second-order valence-corrected chi connectivity index (χ2v) is 5.74. The maximum Gasteiger partial charge on any atom is 0.338 e. The van der Waals surface area contributed by atoms with Crippen LogP contribution in [0.5, 0.6) is 0 Å². The predicted octanol–water partition coefficient (Wildman–Crippen LogP) is 3.37. The number of esters is 2. The lowest BCUT2D eigenvalue weighted by molar-refractivity contribution is -0.00469. The number of halogens is 2. The summed E-state index contributed by atoms with van der Waals surface area (Å²) in [6, 6.07) is 12.5. The first kappa shape index (κ1) is 18.3. The summed E-state index contributed by atoms with van der Waals surface area (Å²) >= 11 is 11.6. The molecule has 0 fully saturated rings. The van der Waals surface area contributed by atoms with E-state index in [0.29, 0.717) is 10.0 Å². The Bertz CT molecular complexity index is 671. The highest BCUT2D eigenvalue weighted by Crippen LogP contribution is 2.13. The first-order valence-electron chi connectivity index (χ1n) is 6.99. The fraction of sp³-hybridized carbons (Fsp3) is 0.176. The summed E-state index contributed by atoms with van der Waals surface area (Å²) in [5, 5.41) is 10.5. The molecule has 0 aromatic heterocycles. The van der Waals surface area contributed by atoms with Gasteiger partial charge in [-0.05, 0) is 36.4 Å². The summed E-state index contributed by atoms with van der Waals surface area (Å²) < 4.78 is 9.88. The Morgan fingerprint density at radius 2 is 1.29 bits per heavy atom. The van der Waals surface area contributed by atoms with Crippen molar-refractivity contribution in [3.05, 3.63) is 69.7 Å². The molecule has 2 rings (SSSR count). The summed E-state index contributed by atoms with van der Waals surface area (Å²) in [6.45, 7) is -0.623. The highest BCUT2D eigenvalue weighted by Gasteiger charge is 2.14. The minimum atomic E-state index is -1.14. The third-order valence-electron chi connectivity index (χ3n) is 2.93. The van der Waals surface area contributed by atoms with Gasteiger partial charge in [-0.25, -0.2) is 9.59 Å². The lowest BCUT2D eigenvalue weighted by Gasteiger charge is -2.12. The van der Waals surface area contributed by atoms with Gasteiger partial charge in [-0.15, -0.1) is 0 Å². The standard InChI is InChI=1S/C17H14Cl2O5/c18-13-5-1-3-11(7-13)16(21)23-9-15(20)10-24-17(22)12-4-2-6-14(19)8-12/h1-8,15,20H,9-10H2. The molecule has 0 aliphatic rings. The molecule has 0 bridgehead atoms. The highest BCUT2D eigenvalue weighted by molar-refractivity contribution is 6.31. The minimum Gasteiger partial charge on any atom is -0.459 e. The zero-order valence-corrected chi connectivity index (χ0v) is 14.0. The number of ether oxygens (including phenoxy) is 2. The molecule has 24 heavy (non-hydrogen) atoms. The number of rotatable bonds is 6. The first-order chi connectivity index (χ1) is 11.5. The van der Waals surface area contributed by atoms with Crippen LogP contribution in [0, 0.1) is 0 Å². The molecule has 2 aromatic carbocycles. The molecular formula is C17H14Cl2O5. The summed E-state index contributed by atoms with van der Waals surface area (Å²) in [6.07, 6.45) is -1.14. The van der Waals surface area contributed by atoms with Gasteiger partial charge >= 0.3 is 11.9 Å². The fourth-order valence-corrected chi connectivity index (χ4v) is 2.17. The van der Waals surface area contributed by atoms with Crippen molar-refractivity contribution in [3.8, 4) is 0 Å². The third-order valence-corrected chi connectivity index (χ3v) is 3.40. The number of carbonyl (C=O) groups is 2. The molecule has 0 saturated carbocycles. The van der Waals surface area contributed by atoms with Gasteiger partial charge in [0.05, 0.1) is 11.1 Å². The molecule has 0 heterocycles. The molecule has 0 atom stereocenters. The average molecular weight is 369 g/mol. The topological polar surface area (TPSA) is 72.8 Å². The van der Waals surface area contributed by atoms with Crippen molar-refractivity contribution in [1.29, 1.82) is 0 Å². The van der Waals surface area contributed by atoms with Gasteiger partial charge in [0.2, 0.25) is 0 Å². The molecule has 0 amide bonds. The van der Waals surface area contributed by atoms with Gasteiger partial charge in [0.1, 0.15) is 19.3 Å². The van der Waals surface area contributed by atoms with Crippen LogP contribution in [0.4, 0.5) is 0 Å². The molecule has 5 nitrogen and oxygen atoms in total. The molecule has 1 N–H and O–H groups in total. The van der Waals surface area contributed by atoms with Crippen LogP contribution in [0.3, 0.4) is 0 Å². The van der Waals surface area contributed by atoms with E-state index in [1.807, 2.05) is 0 Å². The second kappa shape index (κ2) is 8.68. The van der Waals surface area contributed by atoms with Crippen molar-refractivity contribution in [2.45, 2.75) is 6.10 Å². The van der Waals surface area contributed by atoms with E-state index in [9.17, 15) is 14.7 Å². The maximum atomic E-state index is 11.8. The van der Waals surface area contributed by atoms with Crippen LogP contribution in [-0.2, 0) is 9.47 Å². The van der Waals surface area contributed by atoms with Gasteiger partial charge in [0.15, 0.2) is 0 Å². The fourth-order valence-electron chi connectivity index (χ4n) is 1.79. The zero-order chi connectivity index (χ0) is 17.5. The van der Waals surface area contributed by atoms with E-state index in [1.165, 1.54) is 12.1 Å². The third kappa shape index (κ3) is 5.53. The summed E-state index contributed by atoms with van der Waals surface area (Å²) in [4.78, 5) is 23.6.